The normalized spacial score (nSPS) is 34.4. The van der Waals surface area contributed by atoms with Crippen molar-refractivity contribution in [3.8, 4) is 0 Å². The van der Waals surface area contributed by atoms with Gasteiger partial charge in [-0.15, -0.1) is 11.8 Å². The predicted octanol–water partition coefficient (Wildman–Crippen LogP) is 7.40. The molecule has 0 aromatic rings. The zero-order valence-electron chi connectivity index (χ0n) is 19.9. The van der Waals surface area contributed by atoms with Crippen LogP contribution in [0.1, 0.15) is 95.4 Å². The Kier molecular flexibility index (Phi) is 6.52. The summed E-state index contributed by atoms with van der Waals surface area (Å²) >= 11 is 2.18. The number of rotatable bonds is 3. The van der Waals surface area contributed by atoms with Crippen LogP contribution in [0.25, 0.3) is 0 Å². The Morgan fingerprint density at radius 2 is 1.33 bits per heavy atom. The first-order valence-electron chi connectivity index (χ1n) is 11.0. The summed E-state index contributed by atoms with van der Waals surface area (Å²) in [7, 11) is 0. The van der Waals surface area contributed by atoms with Gasteiger partial charge < -0.3 is 0 Å². The molecule has 1 aliphatic heterocycles. The zero-order valence-corrected chi connectivity index (χ0v) is 20.8. The van der Waals surface area contributed by atoms with Crippen molar-refractivity contribution in [2.24, 2.45) is 28.1 Å². The van der Waals surface area contributed by atoms with Crippen molar-refractivity contribution in [1.29, 1.82) is 0 Å². The molecule has 0 aromatic heterocycles. The van der Waals surface area contributed by atoms with Gasteiger partial charge in [0.05, 0.1) is 5.37 Å². The van der Waals surface area contributed by atoms with E-state index < -0.39 is 6.17 Å². The first-order chi connectivity index (χ1) is 11.9. The second-order valence-corrected chi connectivity index (χ2v) is 14.5. The molecule has 2 aliphatic rings. The van der Waals surface area contributed by atoms with Crippen LogP contribution in [0.3, 0.4) is 0 Å². The van der Waals surface area contributed by atoms with Crippen LogP contribution in [0.5, 0.6) is 0 Å². The van der Waals surface area contributed by atoms with E-state index in [4.69, 9.17) is 0 Å². The molecule has 2 fully saturated rings. The molecule has 160 valence electrons. The predicted molar refractivity (Wildman–Crippen MR) is 120 cm³/mol. The molecule has 0 N–H and O–H groups in total. The number of halogens is 1. The maximum atomic E-state index is 14.4. The number of hydrogen-bond donors (Lipinski definition) is 0. The lowest BCUT2D eigenvalue weighted by molar-refractivity contribution is 0.0639. The maximum Gasteiger partial charge on any atom is 0.101 e. The molecule has 1 aliphatic carbocycles. The van der Waals surface area contributed by atoms with Gasteiger partial charge >= 0.3 is 0 Å². The van der Waals surface area contributed by atoms with Crippen molar-refractivity contribution in [3.05, 3.63) is 0 Å². The van der Waals surface area contributed by atoms with E-state index in [0.29, 0.717) is 22.5 Å². The summed E-state index contributed by atoms with van der Waals surface area (Å²) in [4.78, 5) is 2.71. The number of alkyl halides is 1. The number of thioether (sulfide) groups is 1. The molecule has 1 heterocycles. The molecule has 2 rings (SSSR count). The Bertz CT molecular complexity index is 486. The van der Waals surface area contributed by atoms with E-state index in [0.717, 1.165) is 19.4 Å². The molecule has 1 nitrogen and oxygen atoms in total. The van der Waals surface area contributed by atoms with Crippen LogP contribution in [0.4, 0.5) is 4.39 Å². The second kappa shape index (κ2) is 7.49. The highest BCUT2D eigenvalue weighted by Gasteiger charge is 2.50. The van der Waals surface area contributed by atoms with Gasteiger partial charge in [0.15, 0.2) is 0 Å². The van der Waals surface area contributed by atoms with Gasteiger partial charge in [0.1, 0.15) is 6.17 Å². The molecule has 0 radical (unpaired) electrons. The molecule has 0 aromatic carbocycles. The average molecular weight is 400 g/mol. The molecule has 5 atom stereocenters. The van der Waals surface area contributed by atoms with Gasteiger partial charge in [0.2, 0.25) is 0 Å². The summed E-state index contributed by atoms with van der Waals surface area (Å²) in [6.45, 7) is 27.1. The van der Waals surface area contributed by atoms with Crippen LogP contribution in [0.2, 0.25) is 0 Å². The van der Waals surface area contributed by atoms with Crippen molar-refractivity contribution < 1.29 is 4.39 Å². The van der Waals surface area contributed by atoms with Crippen molar-refractivity contribution >= 4 is 11.8 Å². The lowest BCUT2D eigenvalue weighted by atomic mass is 9.64. The highest BCUT2D eigenvalue weighted by Crippen LogP contribution is 2.55. The summed E-state index contributed by atoms with van der Waals surface area (Å²) in [5.74, 6) is 0.982. The Hall–Kier alpha value is 0.240. The molecule has 0 spiro atoms. The van der Waals surface area contributed by atoms with Gasteiger partial charge in [-0.3, -0.25) is 4.90 Å². The fourth-order valence-electron chi connectivity index (χ4n) is 5.56. The van der Waals surface area contributed by atoms with Crippen molar-refractivity contribution in [3.63, 3.8) is 0 Å². The molecular formula is C24H46FNS. The van der Waals surface area contributed by atoms with Gasteiger partial charge in [0, 0.05) is 17.3 Å². The van der Waals surface area contributed by atoms with Crippen LogP contribution in [-0.2, 0) is 0 Å². The second-order valence-electron chi connectivity index (χ2n) is 13.1. The van der Waals surface area contributed by atoms with Crippen LogP contribution in [0, 0.1) is 28.1 Å². The van der Waals surface area contributed by atoms with Crippen LogP contribution in [0.15, 0.2) is 0 Å². The molecular weight excluding hydrogens is 353 g/mol. The summed E-state index contributed by atoms with van der Waals surface area (Å²) < 4.78 is 14.4. The topological polar surface area (TPSA) is 3.24 Å². The third kappa shape index (κ3) is 5.44. The summed E-state index contributed by atoms with van der Waals surface area (Å²) in [5.41, 5.74) is 0.834. The van der Waals surface area contributed by atoms with Gasteiger partial charge in [-0.05, 0) is 68.1 Å². The lowest BCUT2D eigenvalue weighted by Crippen LogP contribution is -2.49. The van der Waals surface area contributed by atoms with E-state index in [2.05, 4.69) is 92.8 Å². The third-order valence-corrected chi connectivity index (χ3v) is 8.90. The van der Waals surface area contributed by atoms with Crippen LogP contribution >= 0.6 is 11.8 Å². The standard InChI is InChI=1S/C24H46FNS/c1-21(2,3)18-12-16(25)13-19(18)24(10,11)14-17-15-26(23(7,8)9)20(27-17)22(4,5)6/h16-20H,12-15H2,1-11H3. The molecule has 3 heteroatoms. The molecule has 27 heavy (non-hydrogen) atoms. The van der Waals surface area contributed by atoms with Gasteiger partial charge in [0.25, 0.3) is 0 Å². The zero-order chi connectivity index (χ0) is 21.0. The highest BCUT2D eigenvalue weighted by molar-refractivity contribution is 8.00. The van der Waals surface area contributed by atoms with E-state index in [1.807, 2.05) is 0 Å². The van der Waals surface area contributed by atoms with E-state index in [9.17, 15) is 4.39 Å². The largest absolute Gasteiger partial charge is 0.285 e. The molecule has 1 saturated heterocycles. The number of nitrogens with zero attached hydrogens (tertiary/aromatic N) is 1. The van der Waals surface area contributed by atoms with Crippen molar-refractivity contribution in [2.45, 2.75) is 118 Å². The number of hydrogen-bond acceptors (Lipinski definition) is 2. The van der Waals surface area contributed by atoms with Crippen molar-refractivity contribution in [2.75, 3.05) is 6.54 Å². The third-order valence-electron chi connectivity index (χ3n) is 6.98. The fourth-order valence-corrected chi connectivity index (χ4v) is 7.65. The minimum absolute atomic E-state index is 0.187. The first-order valence-corrected chi connectivity index (χ1v) is 11.9. The van der Waals surface area contributed by atoms with E-state index in [-0.39, 0.29) is 21.8 Å². The minimum atomic E-state index is -0.608. The molecule has 1 saturated carbocycles. The van der Waals surface area contributed by atoms with E-state index in [1.54, 1.807) is 0 Å². The summed E-state index contributed by atoms with van der Waals surface area (Å²) in [6, 6.07) is 0. The Morgan fingerprint density at radius 1 is 0.815 bits per heavy atom. The summed E-state index contributed by atoms with van der Waals surface area (Å²) in [5, 5.41) is 1.19. The SMILES string of the molecule is CC(C)(C)C1CC(F)CC1C(C)(C)CC1CN(C(C)(C)C)C(C(C)(C)C)S1. The fraction of sp³-hybridized carbons (Fsp3) is 1.00. The minimum Gasteiger partial charge on any atom is -0.285 e. The lowest BCUT2D eigenvalue weighted by Gasteiger charge is -2.42. The summed E-state index contributed by atoms with van der Waals surface area (Å²) in [6.07, 6.45) is 2.11. The quantitative estimate of drug-likeness (QED) is 0.486. The Morgan fingerprint density at radius 3 is 1.74 bits per heavy atom. The maximum absolute atomic E-state index is 14.4. The van der Waals surface area contributed by atoms with Crippen molar-refractivity contribution in [1.82, 2.24) is 4.90 Å². The molecule has 5 unspecified atom stereocenters. The van der Waals surface area contributed by atoms with Crippen LogP contribution in [-0.4, -0.2) is 33.8 Å². The first kappa shape index (κ1) is 23.5. The van der Waals surface area contributed by atoms with Gasteiger partial charge in [-0.1, -0.05) is 55.4 Å². The molecule has 0 amide bonds. The van der Waals surface area contributed by atoms with Gasteiger partial charge in [-0.25, -0.2) is 4.39 Å². The Labute approximate surface area is 173 Å². The van der Waals surface area contributed by atoms with Gasteiger partial charge in [-0.2, -0.15) is 0 Å². The van der Waals surface area contributed by atoms with E-state index in [1.165, 1.54) is 6.42 Å². The Balaban J connectivity index is 2.18. The average Bonchev–Trinajstić information content (AvgIpc) is 3.00. The molecule has 0 bridgehead atoms. The van der Waals surface area contributed by atoms with Crippen LogP contribution < -0.4 is 0 Å². The highest BCUT2D eigenvalue weighted by atomic mass is 32.2. The smallest absolute Gasteiger partial charge is 0.101 e. The monoisotopic (exact) mass is 399 g/mol. The van der Waals surface area contributed by atoms with E-state index >= 15 is 0 Å².